The van der Waals surface area contributed by atoms with E-state index >= 15 is 0 Å². The minimum Gasteiger partial charge on any atom is -0.0988 e. The lowest BCUT2D eigenvalue weighted by Crippen LogP contribution is -2.18. The summed E-state index contributed by atoms with van der Waals surface area (Å²) in [6.07, 6.45) is 4.06. The van der Waals surface area contributed by atoms with Crippen LogP contribution >= 0.6 is 0 Å². The Balaban J connectivity index is 3.14. The Hall–Kier alpha value is -1.30. The van der Waals surface area contributed by atoms with Crippen LogP contribution in [-0.4, -0.2) is 0 Å². The summed E-state index contributed by atoms with van der Waals surface area (Å²) in [4.78, 5) is 0. The van der Waals surface area contributed by atoms with Crippen molar-refractivity contribution in [2.45, 2.75) is 26.2 Å². The second-order valence-electron chi connectivity index (χ2n) is 3.94. The molecule has 0 saturated carbocycles. The summed E-state index contributed by atoms with van der Waals surface area (Å²) in [6, 6.07) is 10.5. The molecule has 1 aromatic carbocycles. The summed E-state index contributed by atoms with van der Waals surface area (Å²) in [5, 5.41) is 0. The van der Waals surface area contributed by atoms with Crippen molar-refractivity contribution in [1.82, 2.24) is 0 Å². The molecule has 0 aromatic heterocycles. The molecule has 0 aliphatic rings. The Morgan fingerprint density at radius 3 is 2.21 bits per heavy atom. The summed E-state index contributed by atoms with van der Waals surface area (Å²) in [5.74, 6) is 0. The largest absolute Gasteiger partial charge is 0.0988 e. The van der Waals surface area contributed by atoms with Crippen LogP contribution in [0.2, 0.25) is 0 Å². The molecular formula is C14H18. The van der Waals surface area contributed by atoms with Gasteiger partial charge in [0.1, 0.15) is 0 Å². The van der Waals surface area contributed by atoms with Gasteiger partial charge in [0.15, 0.2) is 0 Å². The third kappa shape index (κ3) is 1.95. The van der Waals surface area contributed by atoms with E-state index in [1.165, 1.54) is 11.1 Å². The average Bonchev–Trinajstić information content (AvgIpc) is 2.20. The van der Waals surface area contributed by atoms with E-state index in [9.17, 15) is 0 Å². The highest BCUT2D eigenvalue weighted by molar-refractivity contribution is 5.38. The van der Waals surface area contributed by atoms with Crippen LogP contribution in [0.5, 0.6) is 0 Å². The topological polar surface area (TPSA) is 0 Å². The van der Waals surface area contributed by atoms with Gasteiger partial charge in [-0.25, -0.2) is 0 Å². The van der Waals surface area contributed by atoms with Crippen molar-refractivity contribution >= 4 is 0 Å². The number of hydrogen-bond donors (Lipinski definition) is 0. The summed E-state index contributed by atoms with van der Waals surface area (Å²) >= 11 is 0. The van der Waals surface area contributed by atoms with Gasteiger partial charge in [-0.15, -0.1) is 0 Å². The van der Waals surface area contributed by atoms with E-state index in [-0.39, 0.29) is 5.41 Å². The Bertz CT molecular complexity index is 328. The molecule has 0 N–H and O–H groups in total. The first kappa shape index (κ1) is 10.8. The van der Waals surface area contributed by atoms with E-state index < -0.39 is 0 Å². The van der Waals surface area contributed by atoms with E-state index in [2.05, 4.69) is 57.7 Å². The zero-order chi connectivity index (χ0) is 10.6. The average molecular weight is 186 g/mol. The Labute approximate surface area is 87.0 Å². The maximum absolute atomic E-state index is 3.86. The minimum atomic E-state index is 0.0533. The van der Waals surface area contributed by atoms with E-state index in [1.54, 1.807) is 0 Å². The van der Waals surface area contributed by atoms with Gasteiger partial charge in [0.05, 0.1) is 0 Å². The molecular weight excluding hydrogens is 168 g/mol. The predicted molar refractivity (Wildman–Crippen MR) is 63.4 cm³/mol. The van der Waals surface area contributed by atoms with E-state index in [4.69, 9.17) is 0 Å². The summed E-state index contributed by atoms with van der Waals surface area (Å²) in [6.45, 7) is 10.4. The molecule has 0 fully saturated rings. The Morgan fingerprint density at radius 2 is 1.79 bits per heavy atom. The number of allylic oxidation sites excluding steroid dienone is 3. The van der Waals surface area contributed by atoms with E-state index in [1.807, 2.05) is 12.1 Å². The van der Waals surface area contributed by atoms with Crippen LogP contribution in [0.1, 0.15) is 26.3 Å². The standard InChI is InChI=1S/C14H18/c1-5-12(6-2)14(3,4)13-10-8-7-9-11-13/h5-11H,1H2,2-4H3/b12-6+. The zero-order valence-electron chi connectivity index (χ0n) is 9.25. The molecule has 74 valence electrons. The molecule has 0 atom stereocenters. The Kier molecular flexibility index (Phi) is 3.29. The lowest BCUT2D eigenvalue weighted by Gasteiger charge is -2.26. The van der Waals surface area contributed by atoms with Crippen LogP contribution in [-0.2, 0) is 5.41 Å². The van der Waals surface area contributed by atoms with E-state index in [0.29, 0.717) is 0 Å². The molecule has 0 heterocycles. The molecule has 0 spiro atoms. The highest BCUT2D eigenvalue weighted by Crippen LogP contribution is 2.31. The molecule has 1 aromatic rings. The molecule has 0 bridgehead atoms. The fourth-order valence-electron chi connectivity index (χ4n) is 1.76. The molecule has 0 aliphatic carbocycles. The molecule has 0 aliphatic heterocycles. The van der Waals surface area contributed by atoms with Crippen molar-refractivity contribution in [3.8, 4) is 0 Å². The van der Waals surface area contributed by atoms with Crippen LogP contribution in [0.4, 0.5) is 0 Å². The highest BCUT2D eigenvalue weighted by Gasteiger charge is 2.22. The number of hydrogen-bond acceptors (Lipinski definition) is 0. The van der Waals surface area contributed by atoms with Crippen molar-refractivity contribution in [3.05, 3.63) is 60.2 Å². The normalized spacial score (nSPS) is 12.6. The van der Waals surface area contributed by atoms with Gasteiger partial charge < -0.3 is 0 Å². The monoisotopic (exact) mass is 186 g/mol. The second-order valence-corrected chi connectivity index (χ2v) is 3.94. The van der Waals surface area contributed by atoms with Gasteiger partial charge in [0.25, 0.3) is 0 Å². The molecule has 0 nitrogen and oxygen atoms in total. The quantitative estimate of drug-likeness (QED) is 0.623. The van der Waals surface area contributed by atoms with Crippen LogP contribution < -0.4 is 0 Å². The predicted octanol–water partition coefficient (Wildman–Crippen LogP) is 4.10. The maximum atomic E-state index is 3.86. The van der Waals surface area contributed by atoms with Crippen molar-refractivity contribution in [3.63, 3.8) is 0 Å². The summed E-state index contributed by atoms with van der Waals surface area (Å²) in [7, 11) is 0. The van der Waals surface area contributed by atoms with Gasteiger partial charge in [-0.2, -0.15) is 0 Å². The molecule has 0 unspecified atom stereocenters. The third-order valence-corrected chi connectivity index (χ3v) is 2.75. The maximum Gasteiger partial charge on any atom is 0.0143 e. The fraction of sp³-hybridized carbons (Fsp3) is 0.286. The van der Waals surface area contributed by atoms with Gasteiger partial charge >= 0.3 is 0 Å². The first-order valence-corrected chi connectivity index (χ1v) is 4.97. The van der Waals surface area contributed by atoms with Crippen molar-refractivity contribution in [1.29, 1.82) is 0 Å². The fourth-order valence-corrected chi connectivity index (χ4v) is 1.76. The van der Waals surface area contributed by atoms with Gasteiger partial charge in [-0.05, 0) is 18.1 Å². The smallest absolute Gasteiger partial charge is 0.0143 e. The SMILES string of the molecule is C=C/C(=C\C)C(C)(C)c1ccccc1. The molecule has 0 radical (unpaired) electrons. The molecule has 14 heavy (non-hydrogen) atoms. The molecule has 0 heteroatoms. The minimum absolute atomic E-state index is 0.0533. The van der Waals surface area contributed by atoms with Gasteiger partial charge in [-0.1, -0.05) is 62.9 Å². The second kappa shape index (κ2) is 4.28. The van der Waals surface area contributed by atoms with Crippen LogP contribution in [0.25, 0.3) is 0 Å². The van der Waals surface area contributed by atoms with Crippen LogP contribution in [0, 0.1) is 0 Å². The van der Waals surface area contributed by atoms with Gasteiger partial charge in [-0.3, -0.25) is 0 Å². The van der Waals surface area contributed by atoms with Crippen LogP contribution in [0.15, 0.2) is 54.6 Å². The van der Waals surface area contributed by atoms with Gasteiger partial charge in [0, 0.05) is 5.41 Å². The third-order valence-electron chi connectivity index (χ3n) is 2.75. The molecule has 0 amide bonds. The first-order chi connectivity index (χ1) is 6.62. The summed E-state index contributed by atoms with van der Waals surface area (Å²) in [5.41, 5.74) is 2.65. The van der Waals surface area contributed by atoms with E-state index in [0.717, 1.165) is 0 Å². The summed E-state index contributed by atoms with van der Waals surface area (Å²) < 4.78 is 0. The number of benzene rings is 1. The highest BCUT2D eigenvalue weighted by atomic mass is 14.3. The zero-order valence-corrected chi connectivity index (χ0v) is 9.25. The molecule has 1 rings (SSSR count). The Morgan fingerprint density at radius 1 is 1.21 bits per heavy atom. The lowest BCUT2D eigenvalue weighted by molar-refractivity contribution is 0.638. The van der Waals surface area contributed by atoms with Crippen molar-refractivity contribution < 1.29 is 0 Å². The van der Waals surface area contributed by atoms with Crippen molar-refractivity contribution in [2.75, 3.05) is 0 Å². The van der Waals surface area contributed by atoms with Gasteiger partial charge in [0.2, 0.25) is 0 Å². The lowest BCUT2D eigenvalue weighted by atomic mass is 9.77. The van der Waals surface area contributed by atoms with Crippen molar-refractivity contribution in [2.24, 2.45) is 0 Å². The number of rotatable bonds is 3. The first-order valence-electron chi connectivity index (χ1n) is 4.97. The van der Waals surface area contributed by atoms with Crippen LogP contribution in [0.3, 0.4) is 0 Å². The molecule has 0 saturated heterocycles.